The summed E-state index contributed by atoms with van der Waals surface area (Å²) in [5, 5.41) is 5.74. The number of rotatable bonds is 7. The van der Waals surface area contributed by atoms with Crippen molar-refractivity contribution in [2.24, 2.45) is 0 Å². The first kappa shape index (κ1) is 45.3. The molecule has 8 aliphatic rings. The summed E-state index contributed by atoms with van der Waals surface area (Å²) in [4.78, 5) is 101. The van der Waals surface area contributed by atoms with Crippen LogP contribution in [0.15, 0.2) is 60.7 Å². The molecule has 2 saturated carbocycles. The molecule has 358 valence electrons. The van der Waals surface area contributed by atoms with Gasteiger partial charge in [-0.15, -0.1) is 0 Å². The second-order valence-corrected chi connectivity index (χ2v) is 20.3. The van der Waals surface area contributed by atoms with Gasteiger partial charge >= 0.3 is 6.09 Å². The lowest BCUT2D eigenvalue weighted by Crippen LogP contribution is -2.55. The normalized spacial score (nSPS) is 23.6. The van der Waals surface area contributed by atoms with Crippen LogP contribution in [-0.4, -0.2) is 128 Å². The van der Waals surface area contributed by atoms with Gasteiger partial charge in [-0.2, -0.15) is 0 Å². The van der Waals surface area contributed by atoms with Crippen LogP contribution < -0.4 is 35.0 Å². The van der Waals surface area contributed by atoms with Crippen molar-refractivity contribution >= 4 is 64.3 Å². The van der Waals surface area contributed by atoms with Gasteiger partial charge in [0.15, 0.2) is 0 Å². The van der Waals surface area contributed by atoms with Crippen molar-refractivity contribution < 1.29 is 43.0 Å². The van der Waals surface area contributed by atoms with E-state index in [4.69, 9.17) is 9.47 Å². The number of hydrogen-bond acceptors (Lipinski definition) is 12. The molecule has 2 atom stereocenters. The van der Waals surface area contributed by atoms with Gasteiger partial charge in [0.1, 0.15) is 23.4 Å². The largest absolute Gasteiger partial charge is 0.497 e. The van der Waals surface area contributed by atoms with Gasteiger partial charge in [0.25, 0.3) is 5.91 Å². The number of likely N-dealkylation sites (tertiary alicyclic amines) is 1. The minimum Gasteiger partial charge on any atom is -0.497 e. The quantitative estimate of drug-likeness (QED) is 0.324. The van der Waals surface area contributed by atoms with Crippen LogP contribution in [0, 0.1) is 0 Å². The molecule has 4 saturated heterocycles. The third-order valence-electron chi connectivity index (χ3n) is 14.9. The number of imide groups is 2. The van der Waals surface area contributed by atoms with Crippen molar-refractivity contribution in [2.75, 3.05) is 79.1 Å². The molecular formula is C51H60N8O9. The van der Waals surface area contributed by atoms with Crippen LogP contribution in [0.25, 0.3) is 0 Å². The van der Waals surface area contributed by atoms with Crippen molar-refractivity contribution in [2.45, 2.75) is 107 Å². The standard InChI is InChI=1S/C32H38N4O6.C19H22N4O3/c1-31(2,3)42-30(40)34-17-15-33(16-18-34)22-7-10-25-24(19-22)32(13-14-32)29(39)36(25)26-11-12-27(37)35(28(26)38)20-21-5-8-23(41-4)9-6-21;24-16-4-3-15(17(25)21-16)23-14-2-1-12(22-9-7-20-8-10-22)11-13(14)19(5-6-19)18(23)26/h5-10,19,26H,11-18,20H2,1-4H3;1-2,11,15,20H,3-10H2,(H,21,24,25). The van der Waals surface area contributed by atoms with E-state index in [1.54, 1.807) is 33.9 Å². The van der Waals surface area contributed by atoms with Crippen molar-refractivity contribution in [3.63, 3.8) is 0 Å². The lowest BCUT2D eigenvalue weighted by atomic mass is 9.97. The number of amides is 7. The van der Waals surface area contributed by atoms with Crippen LogP contribution in [0.4, 0.5) is 27.5 Å². The van der Waals surface area contributed by atoms with Crippen molar-refractivity contribution in [1.82, 2.24) is 20.4 Å². The molecule has 0 bridgehead atoms. The minimum absolute atomic E-state index is 0.0273. The lowest BCUT2D eigenvalue weighted by molar-refractivity contribution is -0.151. The summed E-state index contributed by atoms with van der Waals surface area (Å²) in [6.07, 6.45) is 4.08. The number of benzene rings is 3. The van der Waals surface area contributed by atoms with Gasteiger partial charge < -0.3 is 29.5 Å². The number of fused-ring (bicyclic) bond motifs is 4. The van der Waals surface area contributed by atoms with E-state index >= 15 is 0 Å². The number of carbonyl (C=O) groups is 7. The summed E-state index contributed by atoms with van der Waals surface area (Å²) in [7, 11) is 1.59. The summed E-state index contributed by atoms with van der Waals surface area (Å²) in [6.45, 7) is 12.0. The van der Waals surface area contributed by atoms with Gasteiger partial charge in [-0.05, 0) is 125 Å². The second kappa shape index (κ2) is 17.2. The highest BCUT2D eigenvalue weighted by molar-refractivity contribution is 6.16. The zero-order chi connectivity index (χ0) is 47.7. The van der Waals surface area contributed by atoms with E-state index in [1.165, 1.54) is 4.90 Å². The SMILES string of the molecule is COc1ccc(CN2C(=O)CCC(N3C(=O)C4(CC4)c4cc(N5CCN(C(=O)OC(C)(C)C)CC5)ccc43)C2=O)cc1.O=C1CCC(N2C(=O)C3(CC3)c3cc(N4CCNCC4)ccc32)C(=O)N1. The maximum Gasteiger partial charge on any atom is 0.410 e. The highest BCUT2D eigenvalue weighted by Crippen LogP contribution is 2.60. The lowest BCUT2D eigenvalue weighted by Gasteiger charge is -2.37. The number of hydrogen-bond donors (Lipinski definition) is 2. The fourth-order valence-corrected chi connectivity index (χ4v) is 10.8. The zero-order valence-corrected chi connectivity index (χ0v) is 39.3. The van der Waals surface area contributed by atoms with Gasteiger partial charge in [-0.1, -0.05) is 12.1 Å². The topological polar surface area (TPSA) is 181 Å². The number of ether oxygens (including phenoxy) is 2. The van der Waals surface area contributed by atoms with Gasteiger partial charge in [0.2, 0.25) is 29.5 Å². The second-order valence-electron chi connectivity index (χ2n) is 20.3. The Hall–Kier alpha value is -6.49. The first-order chi connectivity index (χ1) is 32.6. The molecule has 6 heterocycles. The Bertz CT molecular complexity index is 2570. The molecule has 0 radical (unpaired) electrons. The third-order valence-corrected chi connectivity index (χ3v) is 14.9. The fraction of sp³-hybridized carbons (Fsp3) is 0.510. The highest BCUT2D eigenvalue weighted by Gasteiger charge is 2.63. The monoisotopic (exact) mass is 928 g/mol. The van der Waals surface area contributed by atoms with Crippen LogP contribution in [0.5, 0.6) is 5.75 Å². The maximum absolute atomic E-state index is 13.9. The molecule has 17 nitrogen and oxygen atoms in total. The Labute approximate surface area is 396 Å². The number of nitrogens with zero attached hydrogens (tertiary/aromatic N) is 6. The average molecular weight is 929 g/mol. The van der Waals surface area contributed by atoms with Crippen LogP contribution in [0.1, 0.15) is 88.8 Å². The van der Waals surface area contributed by atoms with Gasteiger partial charge in [-0.3, -0.25) is 48.8 Å². The van der Waals surface area contributed by atoms with E-state index < -0.39 is 28.5 Å². The van der Waals surface area contributed by atoms with E-state index in [2.05, 4.69) is 38.6 Å². The fourth-order valence-electron chi connectivity index (χ4n) is 10.8. The number of anilines is 4. The summed E-state index contributed by atoms with van der Waals surface area (Å²) < 4.78 is 10.7. The number of methoxy groups -OCH3 is 1. The number of carbonyl (C=O) groups excluding carboxylic acids is 7. The Balaban J connectivity index is 0.000000177. The molecule has 2 spiro atoms. The summed E-state index contributed by atoms with van der Waals surface area (Å²) in [5.41, 5.74) is 5.04. The van der Waals surface area contributed by atoms with E-state index in [-0.39, 0.29) is 60.9 Å². The molecule has 2 N–H and O–H groups in total. The highest BCUT2D eigenvalue weighted by atomic mass is 16.6. The van der Waals surface area contributed by atoms with E-state index in [9.17, 15) is 33.6 Å². The maximum atomic E-state index is 13.9. The Morgan fingerprint density at radius 2 is 1.24 bits per heavy atom. The minimum atomic E-state index is -0.713. The molecule has 68 heavy (non-hydrogen) atoms. The molecule has 3 aromatic carbocycles. The van der Waals surface area contributed by atoms with E-state index in [0.29, 0.717) is 44.8 Å². The predicted octanol–water partition coefficient (Wildman–Crippen LogP) is 4.13. The number of nitrogens with one attached hydrogen (secondary N) is 2. The van der Waals surface area contributed by atoms with Crippen molar-refractivity contribution in [1.29, 1.82) is 0 Å². The number of piperidine rings is 2. The van der Waals surface area contributed by atoms with E-state index in [1.807, 2.05) is 51.1 Å². The van der Waals surface area contributed by atoms with Crippen molar-refractivity contribution in [3.8, 4) is 5.75 Å². The summed E-state index contributed by atoms with van der Waals surface area (Å²) in [6, 6.07) is 18.2. The molecule has 6 fully saturated rings. The molecule has 0 aromatic heterocycles. The first-order valence-electron chi connectivity index (χ1n) is 24.1. The number of piperazine rings is 2. The Kier molecular flexibility index (Phi) is 11.5. The van der Waals surface area contributed by atoms with Gasteiger partial charge in [0, 0.05) is 87.9 Å². The van der Waals surface area contributed by atoms with Gasteiger partial charge in [0.05, 0.1) is 24.5 Å². The van der Waals surface area contributed by atoms with E-state index in [0.717, 1.165) is 91.3 Å². The average Bonchev–Trinajstić information content (AvgIpc) is 4.27. The predicted molar refractivity (Wildman–Crippen MR) is 253 cm³/mol. The molecule has 2 unspecified atom stereocenters. The van der Waals surface area contributed by atoms with Crippen LogP contribution in [0.2, 0.25) is 0 Å². The molecule has 7 amide bonds. The zero-order valence-electron chi connectivity index (χ0n) is 39.3. The van der Waals surface area contributed by atoms with Crippen LogP contribution >= 0.6 is 0 Å². The smallest absolute Gasteiger partial charge is 0.410 e. The Morgan fingerprint density at radius 3 is 1.76 bits per heavy atom. The molecular weight excluding hydrogens is 869 g/mol. The molecule has 6 aliphatic heterocycles. The van der Waals surface area contributed by atoms with Gasteiger partial charge in [-0.25, -0.2) is 4.79 Å². The summed E-state index contributed by atoms with van der Waals surface area (Å²) in [5.74, 6) is -0.479. The molecule has 17 heteroatoms. The molecule has 3 aromatic rings. The first-order valence-corrected chi connectivity index (χ1v) is 24.1. The Morgan fingerprint density at radius 1 is 0.691 bits per heavy atom. The summed E-state index contributed by atoms with van der Waals surface area (Å²) >= 11 is 0. The van der Waals surface area contributed by atoms with Crippen LogP contribution in [0.3, 0.4) is 0 Å². The molecule has 11 rings (SSSR count). The van der Waals surface area contributed by atoms with Crippen molar-refractivity contribution in [3.05, 3.63) is 77.4 Å². The van der Waals surface area contributed by atoms with Crippen LogP contribution in [-0.2, 0) is 50.9 Å². The third kappa shape index (κ3) is 8.11. The molecule has 2 aliphatic carbocycles.